The summed E-state index contributed by atoms with van der Waals surface area (Å²) in [5.74, 6) is -1.35. The van der Waals surface area contributed by atoms with Gasteiger partial charge < -0.3 is 15.4 Å². The predicted molar refractivity (Wildman–Crippen MR) is 90.4 cm³/mol. The van der Waals surface area contributed by atoms with E-state index in [9.17, 15) is 22.4 Å². The zero-order valence-corrected chi connectivity index (χ0v) is 14.7. The van der Waals surface area contributed by atoms with Crippen LogP contribution in [0.15, 0.2) is 30.3 Å². The Morgan fingerprint density at radius 2 is 2.11 bits per heavy atom. The molecule has 0 fully saturated rings. The van der Waals surface area contributed by atoms with E-state index >= 15 is 0 Å². The highest BCUT2D eigenvalue weighted by atomic mass is 35.5. The van der Waals surface area contributed by atoms with Gasteiger partial charge in [0.05, 0.1) is 30.0 Å². The molecule has 148 valence electrons. The van der Waals surface area contributed by atoms with E-state index in [4.69, 9.17) is 0 Å². The average Bonchev–Trinajstić information content (AvgIpc) is 3.02. The maximum absolute atomic E-state index is 13.1. The van der Waals surface area contributed by atoms with Crippen LogP contribution >= 0.6 is 12.4 Å². The molecule has 0 saturated heterocycles. The number of rotatable bonds is 6. The Kier molecular flexibility index (Phi) is 6.66. The van der Waals surface area contributed by atoms with Crippen LogP contribution in [0.3, 0.4) is 0 Å². The van der Waals surface area contributed by atoms with Gasteiger partial charge in [0.2, 0.25) is 0 Å². The Morgan fingerprint density at radius 3 is 2.81 bits per heavy atom. The first-order chi connectivity index (χ1) is 12.4. The predicted octanol–water partition coefficient (Wildman–Crippen LogP) is 2.57. The van der Waals surface area contributed by atoms with Crippen LogP contribution in [0.25, 0.3) is 0 Å². The highest BCUT2D eigenvalue weighted by molar-refractivity contribution is 5.96. The van der Waals surface area contributed by atoms with Gasteiger partial charge in [-0.3, -0.25) is 9.48 Å². The van der Waals surface area contributed by atoms with Gasteiger partial charge in [0, 0.05) is 13.1 Å². The smallest absolute Gasteiger partial charge is 0.427 e. The zero-order chi connectivity index (χ0) is 18.7. The fourth-order valence-electron chi connectivity index (χ4n) is 2.54. The lowest BCUT2D eigenvalue weighted by Gasteiger charge is -2.18. The molecular weight excluding hydrogens is 392 g/mol. The van der Waals surface area contributed by atoms with Crippen molar-refractivity contribution in [3.05, 3.63) is 47.3 Å². The SMILES string of the molecule is Cl.O=C(NCc1cc2n(n1)CCNC2)c1ccccc1OC(F)(F)C(F)F. The Bertz CT molecular complexity index is 777. The van der Waals surface area contributed by atoms with Gasteiger partial charge in [0.15, 0.2) is 0 Å². The van der Waals surface area contributed by atoms with Gasteiger partial charge in [-0.2, -0.15) is 22.7 Å². The quantitative estimate of drug-likeness (QED) is 0.721. The van der Waals surface area contributed by atoms with Crippen LogP contribution in [0.5, 0.6) is 5.75 Å². The number of aromatic nitrogens is 2. The van der Waals surface area contributed by atoms with Crippen LogP contribution in [0.4, 0.5) is 17.6 Å². The summed E-state index contributed by atoms with van der Waals surface area (Å²) in [5.41, 5.74) is 1.31. The van der Waals surface area contributed by atoms with E-state index in [0.29, 0.717) is 18.8 Å². The molecule has 1 aromatic heterocycles. The molecule has 1 aromatic carbocycles. The number of para-hydroxylation sites is 1. The molecule has 1 amide bonds. The lowest BCUT2D eigenvalue weighted by molar-refractivity contribution is -0.253. The van der Waals surface area contributed by atoms with Crippen molar-refractivity contribution in [2.75, 3.05) is 6.54 Å². The fourth-order valence-corrected chi connectivity index (χ4v) is 2.54. The van der Waals surface area contributed by atoms with E-state index in [0.717, 1.165) is 18.3 Å². The second kappa shape index (κ2) is 8.57. The number of nitrogens with one attached hydrogen (secondary N) is 2. The molecule has 3 rings (SSSR count). The van der Waals surface area contributed by atoms with E-state index < -0.39 is 24.2 Å². The largest absolute Gasteiger partial charge is 0.461 e. The van der Waals surface area contributed by atoms with Gasteiger partial charge in [0.25, 0.3) is 5.91 Å². The summed E-state index contributed by atoms with van der Waals surface area (Å²) in [5, 5.41) is 10.1. The summed E-state index contributed by atoms with van der Waals surface area (Å²) in [4.78, 5) is 12.3. The Hall–Kier alpha value is -2.33. The molecule has 2 aromatic rings. The number of benzene rings is 1. The average molecular weight is 409 g/mol. The molecule has 2 N–H and O–H groups in total. The zero-order valence-electron chi connectivity index (χ0n) is 13.9. The van der Waals surface area contributed by atoms with Gasteiger partial charge >= 0.3 is 12.5 Å². The standard InChI is InChI=1S/C16H16F4N4O2.ClH/c17-15(18)16(19,20)26-13-4-2-1-3-12(13)14(25)22-8-10-7-11-9-21-5-6-24(11)23-10;/h1-4,7,15,21H,5-6,8-9H2,(H,22,25);1H. The van der Waals surface area contributed by atoms with Crippen molar-refractivity contribution in [1.82, 2.24) is 20.4 Å². The summed E-state index contributed by atoms with van der Waals surface area (Å²) in [6.45, 7) is 2.24. The first-order valence-corrected chi connectivity index (χ1v) is 7.85. The number of amides is 1. The molecule has 11 heteroatoms. The minimum atomic E-state index is -4.69. The first kappa shape index (κ1) is 21.0. The number of hydrogen-bond donors (Lipinski definition) is 2. The molecule has 0 saturated carbocycles. The summed E-state index contributed by atoms with van der Waals surface area (Å²) in [6.07, 6.45) is -8.70. The van der Waals surface area contributed by atoms with Crippen LogP contribution in [-0.4, -0.2) is 34.8 Å². The number of halogens is 5. The lowest BCUT2D eigenvalue weighted by atomic mass is 10.2. The minimum Gasteiger partial charge on any atom is -0.427 e. The van der Waals surface area contributed by atoms with Gasteiger partial charge in [-0.05, 0) is 18.2 Å². The number of fused-ring (bicyclic) bond motifs is 1. The monoisotopic (exact) mass is 408 g/mol. The van der Waals surface area contributed by atoms with Crippen molar-refractivity contribution < 1.29 is 27.1 Å². The molecule has 0 bridgehead atoms. The molecule has 1 aliphatic rings. The van der Waals surface area contributed by atoms with Crippen molar-refractivity contribution in [3.8, 4) is 5.75 Å². The van der Waals surface area contributed by atoms with Crippen molar-refractivity contribution in [1.29, 1.82) is 0 Å². The molecule has 0 aliphatic carbocycles. The van der Waals surface area contributed by atoms with Crippen molar-refractivity contribution in [3.63, 3.8) is 0 Å². The van der Waals surface area contributed by atoms with Gasteiger partial charge in [0.1, 0.15) is 5.75 Å². The molecule has 27 heavy (non-hydrogen) atoms. The van der Waals surface area contributed by atoms with Crippen LogP contribution < -0.4 is 15.4 Å². The third-order valence-electron chi connectivity index (χ3n) is 3.78. The summed E-state index contributed by atoms with van der Waals surface area (Å²) >= 11 is 0. The number of carbonyl (C=O) groups excluding carboxylic acids is 1. The van der Waals surface area contributed by atoms with E-state index in [1.54, 1.807) is 0 Å². The van der Waals surface area contributed by atoms with E-state index in [1.807, 2.05) is 10.7 Å². The summed E-state index contributed by atoms with van der Waals surface area (Å²) in [7, 11) is 0. The Labute approximate surface area is 158 Å². The molecular formula is C16H17ClF4N4O2. The number of carbonyl (C=O) groups is 1. The molecule has 0 spiro atoms. The van der Waals surface area contributed by atoms with Crippen LogP contribution in [-0.2, 0) is 19.6 Å². The van der Waals surface area contributed by atoms with Gasteiger partial charge in [-0.15, -0.1) is 12.4 Å². The highest BCUT2D eigenvalue weighted by Crippen LogP contribution is 2.29. The summed E-state index contributed by atoms with van der Waals surface area (Å²) in [6, 6.07) is 6.80. The molecule has 0 unspecified atom stereocenters. The second-order valence-electron chi connectivity index (χ2n) is 5.67. The van der Waals surface area contributed by atoms with Crippen molar-refractivity contribution in [2.45, 2.75) is 32.2 Å². The molecule has 0 atom stereocenters. The van der Waals surface area contributed by atoms with Crippen molar-refractivity contribution in [2.24, 2.45) is 0 Å². The van der Waals surface area contributed by atoms with Crippen LogP contribution in [0.2, 0.25) is 0 Å². The third kappa shape index (κ3) is 4.89. The first-order valence-electron chi connectivity index (χ1n) is 7.85. The van der Waals surface area contributed by atoms with Gasteiger partial charge in [-0.1, -0.05) is 12.1 Å². The highest BCUT2D eigenvalue weighted by Gasteiger charge is 2.44. The lowest BCUT2D eigenvalue weighted by Crippen LogP contribution is -2.34. The third-order valence-corrected chi connectivity index (χ3v) is 3.78. The molecule has 6 nitrogen and oxygen atoms in total. The molecule has 1 aliphatic heterocycles. The topological polar surface area (TPSA) is 68.2 Å². The number of ether oxygens (including phenoxy) is 1. The minimum absolute atomic E-state index is 0. The molecule has 0 radical (unpaired) electrons. The summed E-state index contributed by atoms with van der Waals surface area (Å²) < 4.78 is 56.8. The van der Waals surface area contributed by atoms with E-state index in [-0.39, 0.29) is 24.5 Å². The van der Waals surface area contributed by atoms with E-state index in [1.165, 1.54) is 18.2 Å². The normalized spacial score (nSPS) is 13.7. The van der Waals surface area contributed by atoms with Crippen LogP contribution in [0, 0.1) is 0 Å². The molecule has 2 heterocycles. The van der Waals surface area contributed by atoms with E-state index in [2.05, 4.69) is 20.5 Å². The maximum atomic E-state index is 13.1. The maximum Gasteiger partial charge on any atom is 0.461 e. The van der Waals surface area contributed by atoms with Gasteiger partial charge in [-0.25, -0.2) is 0 Å². The Balaban J connectivity index is 0.00000261. The van der Waals surface area contributed by atoms with Crippen molar-refractivity contribution >= 4 is 18.3 Å². The number of hydrogen-bond acceptors (Lipinski definition) is 4. The number of nitrogens with zero attached hydrogens (tertiary/aromatic N) is 2. The Morgan fingerprint density at radius 1 is 1.37 bits per heavy atom. The second-order valence-corrected chi connectivity index (χ2v) is 5.67. The van der Waals surface area contributed by atoms with Crippen LogP contribution in [0.1, 0.15) is 21.7 Å². The fraction of sp³-hybridized carbons (Fsp3) is 0.375. The number of alkyl halides is 4.